The molecule has 1 atom stereocenters. The first kappa shape index (κ1) is 11.5. The summed E-state index contributed by atoms with van der Waals surface area (Å²) < 4.78 is 5.45. The molecule has 16 heavy (non-hydrogen) atoms. The molecule has 2 rings (SSSR count). The van der Waals surface area contributed by atoms with E-state index in [0.29, 0.717) is 6.04 Å². The Morgan fingerprint density at radius 1 is 1.31 bits per heavy atom. The van der Waals surface area contributed by atoms with Crippen molar-refractivity contribution in [1.29, 1.82) is 0 Å². The zero-order chi connectivity index (χ0) is 11.2. The minimum Gasteiger partial charge on any atom is -0.380 e. The number of hydrogen-bond donors (Lipinski definition) is 1. The highest BCUT2D eigenvalue weighted by molar-refractivity contribution is 5.45. The van der Waals surface area contributed by atoms with Gasteiger partial charge in [-0.3, -0.25) is 0 Å². The van der Waals surface area contributed by atoms with Crippen LogP contribution in [0.2, 0.25) is 0 Å². The summed E-state index contributed by atoms with van der Waals surface area (Å²) in [5, 5.41) is 3.53. The third-order valence-corrected chi connectivity index (χ3v) is 3.02. The van der Waals surface area contributed by atoms with E-state index in [1.54, 1.807) is 0 Å². The molecule has 0 aliphatic carbocycles. The van der Waals surface area contributed by atoms with Gasteiger partial charge in [0.15, 0.2) is 0 Å². The maximum absolute atomic E-state index is 5.45. The highest BCUT2D eigenvalue weighted by Crippen LogP contribution is 2.15. The van der Waals surface area contributed by atoms with Crippen LogP contribution in [-0.4, -0.2) is 19.3 Å². The lowest BCUT2D eigenvalue weighted by molar-refractivity contribution is 0.0876. The van der Waals surface area contributed by atoms with Crippen molar-refractivity contribution < 1.29 is 4.74 Å². The predicted molar refractivity (Wildman–Crippen MR) is 67.9 cm³/mol. The number of hydrogen-bond acceptors (Lipinski definition) is 2. The van der Waals surface area contributed by atoms with Crippen LogP contribution in [0.3, 0.4) is 0 Å². The number of nitrogens with one attached hydrogen (secondary N) is 1. The first-order valence-electron chi connectivity index (χ1n) is 6.31. The molecular formula is C14H21NO. The monoisotopic (exact) mass is 219 g/mol. The lowest BCUT2D eigenvalue weighted by atomic mass is 10.1. The second kappa shape index (κ2) is 5.90. The van der Waals surface area contributed by atoms with Gasteiger partial charge in [-0.1, -0.05) is 25.5 Å². The molecular weight excluding hydrogens is 198 g/mol. The Bertz CT molecular complexity index is 301. The van der Waals surface area contributed by atoms with Gasteiger partial charge in [0, 0.05) is 18.3 Å². The maximum Gasteiger partial charge on any atom is 0.0667 e. The Morgan fingerprint density at radius 3 is 2.75 bits per heavy atom. The lowest BCUT2D eigenvalue weighted by Gasteiger charge is -2.24. The van der Waals surface area contributed by atoms with E-state index in [-0.39, 0.29) is 0 Å². The molecule has 0 radical (unpaired) electrons. The van der Waals surface area contributed by atoms with Crippen molar-refractivity contribution in [2.24, 2.45) is 0 Å². The largest absolute Gasteiger partial charge is 0.380 e. The van der Waals surface area contributed by atoms with Gasteiger partial charge in [0.1, 0.15) is 0 Å². The molecule has 88 valence electrons. The van der Waals surface area contributed by atoms with E-state index in [1.807, 2.05) is 0 Å². The average Bonchev–Trinajstić information content (AvgIpc) is 2.33. The molecule has 2 heteroatoms. The van der Waals surface area contributed by atoms with Gasteiger partial charge in [0.05, 0.1) is 6.61 Å². The fraction of sp³-hybridized carbons (Fsp3) is 0.571. The quantitative estimate of drug-likeness (QED) is 0.839. The van der Waals surface area contributed by atoms with Gasteiger partial charge in [-0.25, -0.2) is 0 Å². The Labute approximate surface area is 98.0 Å². The van der Waals surface area contributed by atoms with E-state index >= 15 is 0 Å². The van der Waals surface area contributed by atoms with Crippen molar-refractivity contribution in [3.8, 4) is 0 Å². The summed E-state index contributed by atoms with van der Waals surface area (Å²) in [5.41, 5.74) is 2.64. The summed E-state index contributed by atoms with van der Waals surface area (Å²) in [6, 6.07) is 9.29. The molecule has 1 fully saturated rings. The molecule has 0 aromatic heterocycles. The van der Waals surface area contributed by atoms with Crippen molar-refractivity contribution in [2.75, 3.05) is 18.5 Å². The van der Waals surface area contributed by atoms with Gasteiger partial charge in [-0.15, -0.1) is 0 Å². The smallest absolute Gasteiger partial charge is 0.0667 e. The summed E-state index contributed by atoms with van der Waals surface area (Å²) in [5.74, 6) is 0. The number of benzene rings is 1. The van der Waals surface area contributed by atoms with E-state index in [9.17, 15) is 0 Å². The Balaban J connectivity index is 1.88. The Morgan fingerprint density at radius 2 is 2.12 bits per heavy atom. The van der Waals surface area contributed by atoms with E-state index in [2.05, 4.69) is 36.5 Å². The standard InChI is InChI=1S/C14H21NO/c1-2-4-12-6-8-13(9-7-12)15-14-5-3-10-16-11-14/h6-9,14-15H,2-5,10-11H2,1H3. The van der Waals surface area contributed by atoms with E-state index in [1.165, 1.54) is 36.9 Å². The molecule has 0 spiro atoms. The zero-order valence-electron chi connectivity index (χ0n) is 10.0. The molecule has 2 nitrogen and oxygen atoms in total. The van der Waals surface area contributed by atoms with Crippen LogP contribution in [0, 0.1) is 0 Å². The van der Waals surface area contributed by atoms with E-state index < -0.39 is 0 Å². The van der Waals surface area contributed by atoms with Crippen LogP contribution in [0.15, 0.2) is 24.3 Å². The highest BCUT2D eigenvalue weighted by Gasteiger charge is 2.12. The van der Waals surface area contributed by atoms with Gasteiger partial charge < -0.3 is 10.1 Å². The molecule has 0 saturated carbocycles. The Kier molecular flexibility index (Phi) is 4.23. The van der Waals surface area contributed by atoms with Crippen molar-refractivity contribution in [2.45, 2.75) is 38.6 Å². The fourth-order valence-electron chi connectivity index (χ4n) is 2.15. The number of anilines is 1. The van der Waals surface area contributed by atoms with Crippen molar-refractivity contribution in [1.82, 2.24) is 0 Å². The number of rotatable bonds is 4. The van der Waals surface area contributed by atoms with Crippen molar-refractivity contribution in [3.63, 3.8) is 0 Å². The molecule has 1 aromatic rings. The predicted octanol–water partition coefficient (Wildman–Crippen LogP) is 3.23. The molecule has 0 amide bonds. The molecule has 0 bridgehead atoms. The van der Waals surface area contributed by atoms with Crippen LogP contribution in [-0.2, 0) is 11.2 Å². The Hall–Kier alpha value is -1.02. The van der Waals surface area contributed by atoms with Crippen LogP contribution in [0.1, 0.15) is 31.7 Å². The second-order valence-corrected chi connectivity index (χ2v) is 4.51. The van der Waals surface area contributed by atoms with Crippen molar-refractivity contribution >= 4 is 5.69 Å². The summed E-state index contributed by atoms with van der Waals surface area (Å²) in [6.07, 6.45) is 4.78. The third-order valence-electron chi connectivity index (χ3n) is 3.02. The van der Waals surface area contributed by atoms with Crippen LogP contribution < -0.4 is 5.32 Å². The van der Waals surface area contributed by atoms with Crippen LogP contribution in [0.5, 0.6) is 0 Å². The van der Waals surface area contributed by atoms with Crippen LogP contribution in [0.25, 0.3) is 0 Å². The normalized spacial score (nSPS) is 20.7. The van der Waals surface area contributed by atoms with Gasteiger partial charge in [0.2, 0.25) is 0 Å². The lowest BCUT2D eigenvalue weighted by Crippen LogP contribution is -2.29. The average molecular weight is 219 g/mol. The van der Waals surface area contributed by atoms with Gasteiger partial charge in [-0.2, -0.15) is 0 Å². The molecule has 1 N–H and O–H groups in total. The fourth-order valence-corrected chi connectivity index (χ4v) is 2.15. The molecule has 1 aromatic carbocycles. The van der Waals surface area contributed by atoms with Gasteiger partial charge in [-0.05, 0) is 37.0 Å². The SMILES string of the molecule is CCCc1ccc(NC2CCCOC2)cc1. The number of ether oxygens (including phenoxy) is 1. The first-order valence-corrected chi connectivity index (χ1v) is 6.31. The van der Waals surface area contributed by atoms with Gasteiger partial charge in [0.25, 0.3) is 0 Å². The van der Waals surface area contributed by atoms with Crippen molar-refractivity contribution in [3.05, 3.63) is 29.8 Å². The van der Waals surface area contributed by atoms with Crippen LogP contribution >= 0.6 is 0 Å². The topological polar surface area (TPSA) is 21.3 Å². The second-order valence-electron chi connectivity index (χ2n) is 4.51. The molecule has 1 aliphatic heterocycles. The molecule has 1 unspecified atom stereocenters. The maximum atomic E-state index is 5.45. The highest BCUT2D eigenvalue weighted by atomic mass is 16.5. The van der Waals surface area contributed by atoms with Gasteiger partial charge >= 0.3 is 0 Å². The molecule has 1 saturated heterocycles. The van der Waals surface area contributed by atoms with E-state index in [0.717, 1.165) is 13.2 Å². The minimum atomic E-state index is 0.491. The first-order chi connectivity index (χ1) is 7.88. The van der Waals surface area contributed by atoms with E-state index in [4.69, 9.17) is 4.74 Å². The third kappa shape index (κ3) is 3.24. The summed E-state index contributed by atoms with van der Waals surface area (Å²) >= 11 is 0. The zero-order valence-corrected chi connectivity index (χ0v) is 10.0. The minimum absolute atomic E-state index is 0.491. The molecule has 1 heterocycles. The summed E-state index contributed by atoms with van der Waals surface area (Å²) in [6.45, 7) is 3.98. The summed E-state index contributed by atoms with van der Waals surface area (Å²) in [7, 11) is 0. The van der Waals surface area contributed by atoms with Crippen LogP contribution in [0.4, 0.5) is 5.69 Å². The molecule has 1 aliphatic rings. The number of aryl methyl sites for hydroxylation is 1. The summed E-state index contributed by atoms with van der Waals surface area (Å²) in [4.78, 5) is 0.